The summed E-state index contributed by atoms with van der Waals surface area (Å²) in [6, 6.07) is 22.9. The third-order valence-electron chi connectivity index (χ3n) is 6.54. The molecule has 36 heavy (non-hydrogen) atoms. The average Bonchev–Trinajstić information content (AvgIpc) is 2.90. The molecule has 7 nitrogen and oxygen atoms in total. The summed E-state index contributed by atoms with van der Waals surface area (Å²) in [5, 5.41) is 2.83. The molecule has 0 saturated carbocycles. The molecule has 2 amide bonds. The number of nitrogens with one attached hydrogen (secondary N) is 1. The molecule has 3 aromatic carbocycles. The summed E-state index contributed by atoms with van der Waals surface area (Å²) in [6.07, 6.45) is 1.48. The quantitative estimate of drug-likeness (QED) is 0.436. The normalized spacial score (nSPS) is 13.9. The van der Waals surface area contributed by atoms with Crippen molar-refractivity contribution in [2.45, 2.75) is 19.8 Å². The number of carbonyl (C=O) groups excluding carboxylic acids is 2. The Balaban J connectivity index is 1.13. The molecule has 188 valence electrons. The lowest BCUT2D eigenvalue weighted by Crippen LogP contribution is -2.46. The first-order chi connectivity index (χ1) is 17.5. The first kappa shape index (κ1) is 25.3. The fraction of sp³-hybridized carbons (Fsp3) is 0.310. The summed E-state index contributed by atoms with van der Waals surface area (Å²) < 4.78 is 5.39. The highest BCUT2D eigenvalue weighted by atomic mass is 16.6. The van der Waals surface area contributed by atoms with Crippen LogP contribution in [0.15, 0.2) is 72.8 Å². The first-order valence-electron chi connectivity index (χ1n) is 12.5. The van der Waals surface area contributed by atoms with Gasteiger partial charge in [-0.2, -0.15) is 0 Å². The van der Waals surface area contributed by atoms with Crippen molar-refractivity contribution in [3.8, 4) is 16.9 Å². The predicted molar refractivity (Wildman–Crippen MR) is 143 cm³/mol. The van der Waals surface area contributed by atoms with Gasteiger partial charge >= 0.3 is 6.09 Å². The maximum Gasteiger partial charge on any atom is 0.412 e. The molecule has 1 fully saturated rings. The zero-order valence-corrected chi connectivity index (χ0v) is 20.8. The van der Waals surface area contributed by atoms with E-state index in [0.29, 0.717) is 17.9 Å². The van der Waals surface area contributed by atoms with Crippen LogP contribution in [-0.4, -0.2) is 56.2 Å². The standard InChI is InChI=1S/C29H34N4O3/c1-22-7-2-3-10-27(22)33-19-17-32(18-20-33)16-5-4-15-31-29(35)36-26-13-11-23(12-14-26)24-8-6-9-25(21-24)28(30)34/h2-3,6-14,21H,4-5,15-20H2,1H3,(H2,30,34)(H,31,35). The van der Waals surface area contributed by atoms with Crippen LogP contribution in [0.5, 0.6) is 5.75 Å². The summed E-state index contributed by atoms with van der Waals surface area (Å²) in [5.74, 6) is 0.00279. The fourth-order valence-electron chi connectivity index (χ4n) is 4.49. The number of ether oxygens (including phenoxy) is 1. The van der Waals surface area contributed by atoms with Crippen molar-refractivity contribution >= 4 is 17.7 Å². The number of aryl methyl sites for hydroxylation is 1. The van der Waals surface area contributed by atoms with E-state index >= 15 is 0 Å². The van der Waals surface area contributed by atoms with Crippen LogP contribution >= 0.6 is 0 Å². The zero-order valence-electron chi connectivity index (χ0n) is 20.8. The highest BCUT2D eigenvalue weighted by Crippen LogP contribution is 2.24. The van der Waals surface area contributed by atoms with Crippen LogP contribution < -0.4 is 20.7 Å². The minimum absolute atomic E-state index is 0.453. The third kappa shape index (κ3) is 6.86. The zero-order chi connectivity index (χ0) is 25.3. The van der Waals surface area contributed by atoms with Crippen molar-refractivity contribution in [3.05, 3.63) is 83.9 Å². The number of unbranched alkanes of at least 4 members (excludes halogenated alkanes) is 1. The maximum absolute atomic E-state index is 12.1. The van der Waals surface area contributed by atoms with E-state index in [-0.39, 0.29) is 0 Å². The maximum atomic E-state index is 12.1. The Bertz CT molecular complexity index is 1170. The van der Waals surface area contributed by atoms with Crippen LogP contribution in [-0.2, 0) is 0 Å². The topological polar surface area (TPSA) is 87.9 Å². The van der Waals surface area contributed by atoms with Crippen molar-refractivity contribution in [2.75, 3.05) is 44.2 Å². The van der Waals surface area contributed by atoms with Gasteiger partial charge in [0.15, 0.2) is 0 Å². The number of amides is 2. The Morgan fingerprint density at radius 3 is 2.36 bits per heavy atom. The molecule has 1 aliphatic heterocycles. The van der Waals surface area contributed by atoms with Crippen molar-refractivity contribution in [3.63, 3.8) is 0 Å². The molecule has 4 rings (SSSR count). The van der Waals surface area contributed by atoms with Crippen LogP contribution in [0.25, 0.3) is 11.1 Å². The average molecular weight is 487 g/mol. The molecule has 1 heterocycles. The second-order valence-electron chi connectivity index (χ2n) is 9.11. The van der Waals surface area contributed by atoms with Crippen LogP contribution in [0.2, 0.25) is 0 Å². The summed E-state index contributed by atoms with van der Waals surface area (Å²) in [6.45, 7) is 8.01. The molecule has 0 spiro atoms. The molecule has 0 bridgehead atoms. The van der Waals surface area contributed by atoms with Gasteiger partial charge in [-0.3, -0.25) is 9.69 Å². The Labute approximate surface area is 212 Å². The number of rotatable bonds is 9. The van der Waals surface area contributed by atoms with Crippen LogP contribution in [0.3, 0.4) is 0 Å². The summed E-state index contributed by atoms with van der Waals surface area (Å²) in [5.41, 5.74) is 10.3. The van der Waals surface area contributed by atoms with E-state index < -0.39 is 12.0 Å². The minimum atomic E-state index is -0.464. The Kier molecular flexibility index (Phi) is 8.57. The molecule has 3 N–H and O–H groups in total. The second-order valence-corrected chi connectivity index (χ2v) is 9.11. The van der Waals surface area contributed by atoms with Crippen LogP contribution in [0.1, 0.15) is 28.8 Å². The number of anilines is 1. The second kappa shape index (κ2) is 12.2. The number of piperazine rings is 1. The predicted octanol–water partition coefficient (Wildman–Crippen LogP) is 4.45. The van der Waals surface area contributed by atoms with E-state index in [1.54, 1.807) is 30.3 Å². The number of nitrogens with two attached hydrogens (primary N) is 1. The lowest BCUT2D eigenvalue weighted by atomic mass is 10.0. The molecule has 0 unspecified atom stereocenters. The van der Waals surface area contributed by atoms with E-state index in [4.69, 9.17) is 10.5 Å². The molecule has 0 aromatic heterocycles. The van der Waals surface area contributed by atoms with Gasteiger partial charge in [-0.1, -0.05) is 42.5 Å². The number of hydrogen-bond donors (Lipinski definition) is 2. The summed E-state index contributed by atoms with van der Waals surface area (Å²) in [7, 11) is 0. The monoisotopic (exact) mass is 486 g/mol. The molecular formula is C29H34N4O3. The number of primary amides is 1. The number of benzene rings is 3. The Hall–Kier alpha value is -3.84. The molecule has 0 atom stereocenters. The highest BCUT2D eigenvalue weighted by molar-refractivity contribution is 5.94. The summed E-state index contributed by atoms with van der Waals surface area (Å²) >= 11 is 0. The highest BCUT2D eigenvalue weighted by Gasteiger charge is 2.17. The van der Waals surface area contributed by atoms with Crippen molar-refractivity contribution in [1.29, 1.82) is 0 Å². The van der Waals surface area contributed by atoms with Gasteiger partial charge in [-0.25, -0.2) is 4.79 Å². The van der Waals surface area contributed by atoms with Gasteiger partial charge in [0.25, 0.3) is 0 Å². The van der Waals surface area contributed by atoms with Crippen molar-refractivity contribution in [1.82, 2.24) is 10.2 Å². The van der Waals surface area contributed by atoms with E-state index in [1.807, 2.05) is 18.2 Å². The van der Waals surface area contributed by atoms with Crippen LogP contribution in [0, 0.1) is 6.92 Å². The molecule has 7 heteroatoms. The largest absolute Gasteiger partial charge is 0.412 e. The van der Waals surface area contributed by atoms with Crippen LogP contribution in [0.4, 0.5) is 10.5 Å². The molecule has 1 saturated heterocycles. The lowest BCUT2D eigenvalue weighted by Gasteiger charge is -2.36. The molecule has 3 aromatic rings. The SMILES string of the molecule is Cc1ccccc1N1CCN(CCCCNC(=O)Oc2ccc(-c3cccc(C(N)=O)c3)cc2)CC1. The Morgan fingerprint density at radius 1 is 0.889 bits per heavy atom. The molecule has 0 aliphatic carbocycles. The van der Waals surface area contributed by atoms with Gasteiger partial charge < -0.3 is 20.7 Å². The van der Waals surface area contributed by atoms with E-state index in [1.165, 1.54) is 11.3 Å². The van der Waals surface area contributed by atoms with Gasteiger partial charge in [0.1, 0.15) is 5.75 Å². The van der Waals surface area contributed by atoms with E-state index in [0.717, 1.165) is 56.7 Å². The van der Waals surface area contributed by atoms with Gasteiger partial charge in [0.2, 0.25) is 5.91 Å². The third-order valence-corrected chi connectivity index (χ3v) is 6.54. The van der Waals surface area contributed by atoms with Gasteiger partial charge in [0, 0.05) is 44.0 Å². The number of carbonyl (C=O) groups is 2. The first-order valence-corrected chi connectivity index (χ1v) is 12.5. The van der Waals surface area contributed by atoms with Crippen molar-refractivity contribution in [2.24, 2.45) is 5.73 Å². The number of para-hydroxylation sites is 1. The molecular weight excluding hydrogens is 452 g/mol. The Morgan fingerprint density at radius 2 is 1.64 bits per heavy atom. The minimum Gasteiger partial charge on any atom is -0.410 e. The smallest absolute Gasteiger partial charge is 0.410 e. The lowest BCUT2D eigenvalue weighted by molar-refractivity contribution is 0.1000. The number of hydrogen-bond acceptors (Lipinski definition) is 5. The van der Waals surface area contributed by atoms with Crippen molar-refractivity contribution < 1.29 is 14.3 Å². The van der Waals surface area contributed by atoms with Gasteiger partial charge in [-0.05, 0) is 73.3 Å². The molecule has 1 aliphatic rings. The van der Waals surface area contributed by atoms with Gasteiger partial charge in [-0.15, -0.1) is 0 Å². The fourth-order valence-corrected chi connectivity index (χ4v) is 4.49. The summed E-state index contributed by atoms with van der Waals surface area (Å²) in [4.78, 5) is 28.5. The van der Waals surface area contributed by atoms with E-state index in [2.05, 4.69) is 46.3 Å². The van der Waals surface area contributed by atoms with E-state index in [9.17, 15) is 9.59 Å². The molecule has 0 radical (unpaired) electrons. The number of nitrogens with zero attached hydrogens (tertiary/aromatic N) is 2. The van der Waals surface area contributed by atoms with Gasteiger partial charge in [0.05, 0.1) is 0 Å².